The second-order valence-corrected chi connectivity index (χ2v) is 6.47. The molecule has 0 atom stereocenters. The van der Waals surface area contributed by atoms with Gasteiger partial charge >= 0.3 is 6.09 Å². The number of nitrogens with two attached hydrogens (primary N) is 1. The van der Waals surface area contributed by atoms with Crippen molar-refractivity contribution in [3.63, 3.8) is 0 Å². The number of hydrogen-bond acceptors (Lipinski definition) is 4. The summed E-state index contributed by atoms with van der Waals surface area (Å²) < 4.78 is 24.7. The van der Waals surface area contributed by atoms with E-state index in [1.807, 2.05) is 20.8 Å². The molecule has 6 heteroatoms. The smallest absolute Gasteiger partial charge is 0.410 e. The Kier molecular flexibility index (Phi) is 4.78. The number of ether oxygens (including phenoxy) is 2. The van der Waals surface area contributed by atoms with Crippen LogP contribution in [0.1, 0.15) is 33.6 Å². The van der Waals surface area contributed by atoms with Gasteiger partial charge in [0.1, 0.15) is 11.7 Å². The maximum atomic E-state index is 13.7. The van der Waals surface area contributed by atoms with Gasteiger partial charge in [-0.2, -0.15) is 0 Å². The van der Waals surface area contributed by atoms with Gasteiger partial charge in [-0.05, 0) is 32.9 Å². The van der Waals surface area contributed by atoms with E-state index in [1.165, 1.54) is 12.1 Å². The number of nitrogens with zero attached hydrogens (tertiary/aromatic N) is 1. The van der Waals surface area contributed by atoms with E-state index in [1.54, 1.807) is 11.0 Å². The van der Waals surface area contributed by atoms with Gasteiger partial charge in [0.25, 0.3) is 0 Å². The van der Waals surface area contributed by atoms with E-state index in [2.05, 4.69) is 0 Å². The lowest BCUT2D eigenvalue weighted by molar-refractivity contribution is 0.0123. The van der Waals surface area contributed by atoms with Gasteiger partial charge < -0.3 is 20.1 Å². The van der Waals surface area contributed by atoms with Gasteiger partial charge in [-0.15, -0.1) is 0 Å². The molecule has 0 saturated carbocycles. The predicted octanol–water partition coefficient (Wildman–Crippen LogP) is 3.19. The molecule has 2 N–H and O–H groups in total. The van der Waals surface area contributed by atoms with Crippen molar-refractivity contribution >= 4 is 11.8 Å². The average molecular weight is 310 g/mol. The summed E-state index contributed by atoms with van der Waals surface area (Å²) in [5, 5.41) is 0. The zero-order valence-electron chi connectivity index (χ0n) is 13.3. The molecule has 122 valence electrons. The van der Waals surface area contributed by atoms with Crippen LogP contribution < -0.4 is 10.5 Å². The summed E-state index contributed by atoms with van der Waals surface area (Å²) in [5.74, 6) is -0.264. The Labute approximate surface area is 130 Å². The van der Waals surface area contributed by atoms with Crippen LogP contribution in [0.15, 0.2) is 18.2 Å². The highest BCUT2D eigenvalue weighted by Gasteiger charge is 2.27. The number of rotatable bonds is 2. The summed E-state index contributed by atoms with van der Waals surface area (Å²) in [5.41, 5.74) is 5.37. The van der Waals surface area contributed by atoms with E-state index in [9.17, 15) is 9.18 Å². The molecular weight excluding hydrogens is 287 g/mol. The molecule has 1 aromatic carbocycles. The summed E-state index contributed by atoms with van der Waals surface area (Å²) in [7, 11) is 0. The molecule has 22 heavy (non-hydrogen) atoms. The molecular formula is C16H23FN2O3. The number of carbonyl (C=O) groups is 1. The highest BCUT2D eigenvalue weighted by atomic mass is 19.1. The van der Waals surface area contributed by atoms with Gasteiger partial charge in [-0.3, -0.25) is 0 Å². The largest absolute Gasteiger partial charge is 0.487 e. The highest BCUT2D eigenvalue weighted by molar-refractivity contribution is 5.68. The Balaban J connectivity index is 1.86. The first-order chi connectivity index (χ1) is 10.2. The van der Waals surface area contributed by atoms with Crippen LogP contribution >= 0.6 is 0 Å². The minimum absolute atomic E-state index is 0.114. The third-order valence-corrected chi connectivity index (χ3v) is 3.34. The minimum atomic E-state index is -0.502. The van der Waals surface area contributed by atoms with Crippen LogP contribution in [0.5, 0.6) is 5.75 Å². The lowest BCUT2D eigenvalue weighted by Crippen LogP contribution is -2.44. The third kappa shape index (κ3) is 4.51. The second kappa shape index (κ2) is 6.42. The molecule has 1 fully saturated rings. The Morgan fingerprint density at radius 1 is 1.32 bits per heavy atom. The van der Waals surface area contributed by atoms with Gasteiger partial charge in [0.05, 0.1) is 0 Å². The Bertz CT molecular complexity index is 535. The van der Waals surface area contributed by atoms with Gasteiger partial charge in [0.2, 0.25) is 0 Å². The second-order valence-electron chi connectivity index (χ2n) is 6.47. The summed E-state index contributed by atoms with van der Waals surface area (Å²) in [6.45, 7) is 6.59. The van der Waals surface area contributed by atoms with Gasteiger partial charge in [0.15, 0.2) is 11.6 Å². The van der Waals surface area contributed by atoms with E-state index in [0.29, 0.717) is 31.6 Å². The summed E-state index contributed by atoms with van der Waals surface area (Å²) in [4.78, 5) is 13.6. The standard InChI is InChI=1S/C16H23FN2O3/c1-16(2,3)22-15(20)19-8-6-12(7-9-19)21-14-5-4-11(18)10-13(14)17/h4-5,10,12H,6-9,18H2,1-3H3. The first kappa shape index (κ1) is 16.4. The molecule has 0 unspecified atom stereocenters. The molecule has 2 rings (SSSR count). The van der Waals surface area contributed by atoms with Gasteiger partial charge in [-0.25, -0.2) is 9.18 Å². The summed E-state index contributed by atoms with van der Waals surface area (Å²) >= 11 is 0. The van der Waals surface area contributed by atoms with Crippen LogP contribution in [-0.4, -0.2) is 35.8 Å². The number of benzene rings is 1. The van der Waals surface area contributed by atoms with Crippen LogP contribution in [0.2, 0.25) is 0 Å². The zero-order chi connectivity index (χ0) is 16.3. The molecule has 1 aromatic rings. The van der Waals surface area contributed by atoms with Crippen LogP contribution in [0, 0.1) is 5.82 Å². The molecule has 0 radical (unpaired) electrons. The molecule has 1 aliphatic rings. The Morgan fingerprint density at radius 2 is 1.95 bits per heavy atom. The van der Waals surface area contributed by atoms with Crippen LogP contribution in [0.25, 0.3) is 0 Å². The van der Waals surface area contributed by atoms with Crippen molar-refractivity contribution in [2.75, 3.05) is 18.8 Å². The normalized spacial score (nSPS) is 16.5. The number of likely N-dealkylation sites (tertiary alicyclic amines) is 1. The maximum absolute atomic E-state index is 13.7. The van der Waals surface area contributed by atoms with E-state index in [4.69, 9.17) is 15.2 Å². The number of nitrogen functional groups attached to an aromatic ring is 1. The fourth-order valence-corrected chi connectivity index (χ4v) is 2.27. The maximum Gasteiger partial charge on any atom is 0.410 e. The third-order valence-electron chi connectivity index (χ3n) is 3.34. The minimum Gasteiger partial charge on any atom is -0.487 e. The molecule has 0 aliphatic carbocycles. The SMILES string of the molecule is CC(C)(C)OC(=O)N1CCC(Oc2ccc(N)cc2F)CC1. The fourth-order valence-electron chi connectivity index (χ4n) is 2.27. The molecule has 1 saturated heterocycles. The van der Waals surface area contributed by atoms with E-state index >= 15 is 0 Å². The number of halogens is 1. The zero-order valence-corrected chi connectivity index (χ0v) is 13.3. The molecule has 0 bridgehead atoms. The molecule has 1 aliphatic heterocycles. The first-order valence-corrected chi connectivity index (χ1v) is 7.44. The molecule has 1 heterocycles. The number of anilines is 1. The number of piperidine rings is 1. The van der Waals surface area contributed by atoms with Crippen molar-refractivity contribution in [1.29, 1.82) is 0 Å². The van der Waals surface area contributed by atoms with Crippen molar-refractivity contribution in [3.8, 4) is 5.75 Å². The van der Waals surface area contributed by atoms with Gasteiger partial charge in [0, 0.05) is 37.7 Å². The summed E-state index contributed by atoms with van der Waals surface area (Å²) in [6, 6.07) is 4.38. The van der Waals surface area contributed by atoms with Crippen molar-refractivity contribution in [2.24, 2.45) is 0 Å². The number of amides is 1. The summed E-state index contributed by atoms with van der Waals surface area (Å²) in [6.07, 6.45) is 0.855. The van der Waals surface area contributed by atoms with E-state index in [0.717, 1.165) is 0 Å². The van der Waals surface area contributed by atoms with Crippen molar-refractivity contribution in [2.45, 2.75) is 45.3 Å². The molecule has 1 amide bonds. The molecule has 0 aromatic heterocycles. The topological polar surface area (TPSA) is 64.8 Å². The van der Waals surface area contributed by atoms with Crippen molar-refractivity contribution in [3.05, 3.63) is 24.0 Å². The molecule has 0 spiro atoms. The molecule has 5 nitrogen and oxygen atoms in total. The lowest BCUT2D eigenvalue weighted by Gasteiger charge is -2.33. The fraction of sp³-hybridized carbons (Fsp3) is 0.562. The lowest BCUT2D eigenvalue weighted by atomic mass is 10.1. The Morgan fingerprint density at radius 3 is 2.50 bits per heavy atom. The van der Waals surface area contributed by atoms with Crippen molar-refractivity contribution < 1.29 is 18.7 Å². The number of hydrogen-bond donors (Lipinski definition) is 1. The monoisotopic (exact) mass is 310 g/mol. The van der Waals surface area contributed by atoms with Gasteiger partial charge in [-0.1, -0.05) is 0 Å². The predicted molar refractivity (Wildman–Crippen MR) is 82.3 cm³/mol. The van der Waals surface area contributed by atoms with Crippen LogP contribution in [0.3, 0.4) is 0 Å². The number of carbonyl (C=O) groups excluding carboxylic acids is 1. The highest BCUT2D eigenvalue weighted by Crippen LogP contribution is 2.24. The van der Waals surface area contributed by atoms with Crippen LogP contribution in [-0.2, 0) is 4.74 Å². The first-order valence-electron chi connectivity index (χ1n) is 7.44. The van der Waals surface area contributed by atoms with Crippen molar-refractivity contribution in [1.82, 2.24) is 4.90 Å². The quantitative estimate of drug-likeness (QED) is 0.852. The van der Waals surface area contributed by atoms with Crippen LogP contribution in [0.4, 0.5) is 14.9 Å². The Hall–Kier alpha value is -1.98. The average Bonchev–Trinajstić information content (AvgIpc) is 2.41. The van der Waals surface area contributed by atoms with E-state index < -0.39 is 11.4 Å². The van der Waals surface area contributed by atoms with E-state index in [-0.39, 0.29) is 17.9 Å².